The number of hydrogen-bond acceptors (Lipinski definition) is 3. The van der Waals surface area contributed by atoms with E-state index in [0.29, 0.717) is 18.5 Å². The Kier molecular flexibility index (Phi) is 7.81. The molecule has 0 saturated carbocycles. The third-order valence-corrected chi connectivity index (χ3v) is 5.07. The Bertz CT molecular complexity index is 1070. The Morgan fingerprint density at radius 2 is 1.53 bits per heavy atom. The second kappa shape index (κ2) is 11.0. The number of nitrogens with zero attached hydrogens (tertiary/aromatic N) is 1. The molecule has 0 atom stereocenters. The Balaban J connectivity index is 1.76. The van der Waals surface area contributed by atoms with E-state index in [1.165, 1.54) is 0 Å². The molecular weight excluding hydrogens is 398 g/mol. The lowest BCUT2D eigenvalue weighted by molar-refractivity contribution is -0.117. The molecule has 0 aliphatic heterocycles. The number of rotatable bonds is 8. The third kappa shape index (κ3) is 6.57. The molecule has 3 aromatic carbocycles. The van der Waals surface area contributed by atoms with Gasteiger partial charge in [0.05, 0.1) is 0 Å². The van der Waals surface area contributed by atoms with Gasteiger partial charge in [-0.25, -0.2) is 0 Å². The predicted molar refractivity (Wildman–Crippen MR) is 131 cm³/mol. The first kappa shape index (κ1) is 22.8. The maximum atomic E-state index is 12.9. The molecular formula is C27H29N3O2. The average Bonchev–Trinajstić information content (AvgIpc) is 2.80. The Morgan fingerprint density at radius 3 is 2.16 bits per heavy atom. The zero-order valence-corrected chi connectivity index (χ0v) is 18.8. The van der Waals surface area contributed by atoms with Crippen molar-refractivity contribution in [1.82, 2.24) is 10.6 Å². The molecule has 32 heavy (non-hydrogen) atoms. The third-order valence-electron chi connectivity index (χ3n) is 5.07. The number of nitrogens with one attached hydrogen (secondary N) is 2. The highest BCUT2D eigenvalue weighted by Crippen LogP contribution is 2.15. The van der Waals surface area contributed by atoms with Crippen LogP contribution in [0.4, 0.5) is 5.69 Å². The van der Waals surface area contributed by atoms with E-state index in [2.05, 4.69) is 10.6 Å². The van der Waals surface area contributed by atoms with E-state index in [0.717, 1.165) is 22.4 Å². The minimum atomic E-state index is -0.321. The van der Waals surface area contributed by atoms with Crippen molar-refractivity contribution in [2.24, 2.45) is 0 Å². The fourth-order valence-electron chi connectivity index (χ4n) is 3.15. The van der Waals surface area contributed by atoms with E-state index in [1.807, 2.05) is 92.6 Å². The van der Waals surface area contributed by atoms with Gasteiger partial charge in [0.2, 0.25) is 0 Å². The highest BCUT2D eigenvalue weighted by Gasteiger charge is 2.14. The molecule has 5 heteroatoms. The van der Waals surface area contributed by atoms with E-state index in [9.17, 15) is 9.59 Å². The molecule has 3 aromatic rings. The molecule has 3 rings (SSSR count). The molecule has 5 nitrogen and oxygen atoms in total. The van der Waals surface area contributed by atoms with Gasteiger partial charge in [-0.2, -0.15) is 0 Å². The van der Waals surface area contributed by atoms with Gasteiger partial charge >= 0.3 is 0 Å². The van der Waals surface area contributed by atoms with Crippen molar-refractivity contribution >= 4 is 23.6 Å². The largest absolute Gasteiger partial charge is 0.378 e. The molecule has 2 amide bonds. The number of carbonyl (C=O) groups excluding carboxylic acids is 2. The average molecular weight is 428 g/mol. The van der Waals surface area contributed by atoms with E-state index in [4.69, 9.17) is 0 Å². The fourth-order valence-corrected chi connectivity index (χ4v) is 3.15. The SMILES string of the molecule is Cc1ccc(C(=O)NC(=Cc2ccc(N(C)C)cc2)C(=O)NCCc2ccccc2)cc1. The zero-order chi connectivity index (χ0) is 22.9. The van der Waals surface area contributed by atoms with Crippen LogP contribution in [0.3, 0.4) is 0 Å². The molecule has 0 unspecified atom stereocenters. The summed E-state index contributed by atoms with van der Waals surface area (Å²) >= 11 is 0. The number of hydrogen-bond donors (Lipinski definition) is 2. The van der Waals surface area contributed by atoms with Crippen molar-refractivity contribution in [2.45, 2.75) is 13.3 Å². The fraction of sp³-hybridized carbons (Fsp3) is 0.185. The molecule has 0 spiro atoms. The molecule has 0 bridgehead atoms. The van der Waals surface area contributed by atoms with Crippen LogP contribution in [-0.2, 0) is 11.2 Å². The lowest BCUT2D eigenvalue weighted by Gasteiger charge is -2.13. The van der Waals surface area contributed by atoms with Crippen LogP contribution >= 0.6 is 0 Å². The van der Waals surface area contributed by atoms with Gasteiger partial charge in [0.15, 0.2) is 0 Å². The van der Waals surface area contributed by atoms with Gasteiger partial charge in [0.25, 0.3) is 11.8 Å². The van der Waals surface area contributed by atoms with Gasteiger partial charge in [-0.05, 0) is 54.8 Å². The van der Waals surface area contributed by atoms with Crippen molar-refractivity contribution in [2.75, 3.05) is 25.5 Å². The summed E-state index contributed by atoms with van der Waals surface area (Å²) in [6.07, 6.45) is 2.41. The monoisotopic (exact) mass is 427 g/mol. The number of carbonyl (C=O) groups is 2. The van der Waals surface area contributed by atoms with Crippen molar-refractivity contribution in [3.63, 3.8) is 0 Å². The first-order valence-electron chi connectivity index (χ1n) is 10.6. The maximum Gasteiger partial charge on any atom is 0.267 e. The van der Waals surface area contributed by atoms with Crippen LogP contribution in [0, 0.1) is 6.92 Å². The molecule has 0 aliphatic carbocycles. The molecule has 0 aromatic heterocycles. The minimum Gasteiger partial charge on any atom is -0.378 e. The summed E-state index contributed by atoms with van der Waals surface area (Å²) in [5, 5.41) is 5.70. The number of aryl methyl sites for hydroxylation is 1. The van der Waals surface area contributed by atoms with Crippen LogP contribution in [0.15, 0.2) is 84.6 Å². The van der Waals surface area contributed by atoms with E-state index in [1.54, 1.807) is 18.2 Å². The minimum absolute atomic E-state index is 0.209. The second-order valence-electron chi connectivity index (χ2n) is 7.86. The van der Waals surface area contributed by atoms with Gasteiger partial charge in [-0.15, -0.1) is 0 Å². The summed E-state index contributed by atoms with van der Waals surface area (Å²) in [7, 11) is 3.94. The van der Waals surface area contributed by atoms with Crippen molar-refractivity contribution in [1.29, 1.82) is 0 Å². The Labute approximate surface area is 189 Å². The number of benzene rings is 3. The molecule has 0 saturated heterocycles. The summed E-state index contributed by atoms with van der Waals surface area (Å²) in [6.45, 7) is 2.44. The van der Waals surface area contributed by atoms with Gasteiger partial charge in [-0.3, -0.25) is 9.59 Å². The zero-order valence-electron chi connectivity index (χ0n) is 18.8. The number of anilines is 1. The van der Waals surface area contributed by atoms with Crippen LogP contribution in [0.2, 0.25) is 0 Å². The molecule has 2 N–H and O–H groups in total. The van der Waals surface area contributed by atoms with Gasteiger partial charge < -0.3 is 15.5 Å². The standard InChI is InChI=1S/C27H29N3O2/c1-20-9-13-23(14-10-20)26(31)29-25(19-22-11-15-24(16-12-22)30(2)3)27(32)28-18-17-21-7-5-4-6-8-21/h4-16,19H,17-18H2,1-3H3,(H,28,32)(H,29,31). The van der Waals surface area contributed by atoms with E-state index >= 15 is 0 Å². The Hall–Kier alpha value is -3.86. The van der Waals surface area contributed by atoms with Crippen LogP contribution in [0.25, 0.3) is 6.08 Å². The van der Waals surface area contributed by atoms with Crippen LogP contribution in [0.1, 0.15) is 27.0 Å². The van der Waals surface area contributed by atoms with Crippen LogP contribution < -0.4 is 15.5 Å². The highest BCUT2D eigenvalue weighted by molar-refractivity contribution is 6.05. The summed E-state index contributed by atoms with van der Waals surface area (Å²) < 4.78 is 0. The van der Waals surface area contributed by atoms with Crippen LogP contribution in [0.5, 0.6) is 0 Å². The summed E-state index contributed by atoms with van der Waals surface area (Å²) in [6, 6.07) is 25.0. The summed E-state index contributed by atoms with van der Waals surface area (Å²) in [5.41, 5.74) is 4.80. The van der Waals surface area contributed by atoms with Gasteiger partial charge in [-0.1, -0.05) is 60.2 Å². The first-order valence-corrected chi connectivity index (χ1v) is 10.6. The summed E-state index contributed by atoms with van der Waals surface area (Å²) in [5.74, 6) is -0.641. The van der Waals surface area contributed by atoms with Crippen molar-refractivity contribution < 1.29 is 9.59 Å². The second-order valence-corrected chi connectivity index (χ2v) is 7.86. The van der Waals surface area contributed by atoms with E-state index in [-0.39, 0.29) is 17.5 Å². The Morgan fingerprint density at radius 1 is 0.875 bits per heavy atom. The van der Waals surface area contributed by atoms with Crippen molar-refractivity contribution in [3.05, 3.63) is 107 Å². The molecule has 0 fully saturated rings. The molecule has 0 heterocycles. The summed E-state index contributed by atoms with van der Waals surface area (Å²) in [4.78, 5) is 27.7. The van der Waals surface area contributed by atoms with Gasteiger partial charge in [0, 0.05) is 31.9 Å². The smallest absolute Gasteiger partial charge is 0.267 e. The molecule has 0 aliphatic rings. The first-order chi connectivity index (χ1) is 15.4. The normalized spacial score (nSPS) is 11.0. The lowest BCUT2D eigenvalue weighted by Crippen LogP contribution is -2.35. The van der Waals surface area contributed by atoms with Gasteiger partial charge in [0.1, 0.15) is 5.70 Å². The highest BCUT2D eigenvalue weighted by atomic mass is 16.2. The lowest BCUT2D eigenvalue weighted by atomic mass is 10.1. The maximum absolute atomic E-state index is 12.9. The quantitative estimate of drug-likeness (QED) is 0.530. The molecule has 164 valence electrons. The topological polar surface area (TPSA) is 61.4 Å². The molecule has 0 radical (unpaired) electrons. The predicted octanol–water partition coefficient (Wildman–Crippen LogP) is 4.19. The number of amides is 2. The van der Waals surface area contributed by atoms with Crippen LogP contribution in [-0.4, -0.2) is 32.5 Å². The van der Waals surface area contributed by atoms with Crippen molar-refractivity contribution in [3.8, 4) is 0 Å². The van der Waals surface area contributed by atoms with E-state index < -0.39 is 0 Å².